The summed E-state index contributed by atoms with van der Waals surface area (Å²) in [5.41, 5.74) is 2.61. The van der Waals surface area contributed by atoms with Gasteiger partial charge in [-0.1, -0.05) is 0 Å². The Hall–Kier alpha value is -3.36. The molecular formula is C22H24FN7O. The van der Waals surface area contributed by atoms with E-state index in [4.69, 9.17) is 0 Å². The van der Waals surface area contributed by atoms with Crippen molar-refractivity contribution in [3.63, 3.8) is 0 Å². The summed E-state index contributed by atoms with van der Waals surface area (Å²) in [5.74, 6) is 0.486. The molecule has 1 aromatic carbocycles. The zero-order chi connectivity index (χ0) is 21.5. The van der Waals surface area contributed by atoms with E-state index in [0.29, 0.717) is 30.6 Å². The fraction of sp³-hybridized carbons (Fsp3) is 0.409. The second-order valence-corrected chi connectivity index (χ2v) is 8.28. The zero-order valence-electron chi connectivity index (χ0n) is 17.6. The molecule has 0 spiro atoms. The molecule has 3 aromatic rings. The molecule has 2 aliphatic heterocycles. The van der Waals surface area contributed by atoms with Crippen LogP contribution in [-0.4, -0.2) is 61.4 Å². The number of likely N-dealkylation sites (tertiary alicyclic amines) is 1. The molecule has 0 bridgehead atoms. The minimum atomic E-state index is -0.455. The summed E-state index contributed by atoms with van der Waals surface area (Å²) in [6.45, 7) is 6.12. The molecule has 2 aromatic heterocycles. The predicted octanol–water partition coefficient (Wildman–Crippen LogP) is 2.55. The van der Waals surface area contributed by atoms with Crippen molar-refractivity contribution in [2.75, 3.05) is 24.5 Å². The van der Waals surface area contributed by atoms with Gasteiger partial charge in [0.25, 0.3) is 5.91 Å². The minimum absolute atomic E-state index is 0.0346. The number of fused-ring (bicyclic) bond motifs is 1. The summed E-state index contributed by atoms with van der Waals surface area (Å²) in [5, 5.41) is 8.25. The number of hydrogen-bond donors (Lipinski definition) is 0. The monoisotopic (exact) mass is 421 g/mol. The molecule has 2 fully saturated rings. The van der Waals surface area contributed by atoms with E-state index in [-0.39, 0.29) is 17.5 Å². The highest BCUT2D eigenvalue weighted by molar-refractivity contribution is 5.98. The van der Waals surface area contributed by atoms with Crippen molar-refractivity contribution in [1.82, 2.24) is 29.9 Å². The molecule has 9 heteroatoms. The van der Waals surface area contributed by atoms with Gasteiger partial charge in [0.1, 0.15) is 5.82 Å². The van der Waals surface area contributed by atoms with Crippen molar-refractivity contribution in [2.45, 2.75) is 32.7 Å². The Balaban J connectivity index is 1.44. The molecule has 2 saturated heterocycles. The van der Waals surface area contributed by atoms with Crippen molar-refractivity contribution >= 4 is 11.9 Å². The van der Waals surface area contributed by atoms with Gasteiger partial charge >= 0.3 is 0 Å². The molecule has 0 aliphatic carbocycles. The molecule has 1 amide bonds. The highest BCUT2D eigenvalue weighted by Crippen LogP contribution is 2.34. The maximum atomic E-state index is 14.1. The quantitative estimate of drug-likeness (QED) is 0.647. The lowest BCUT2D eigenvalue weighted by atomic mass is 9.92. The molecule has 0 saturated carbocycles. The van der Waals surface area contributed by atoms with Gasteiger partial charge in [-0.05, 0) is 56.9 Å². The van der Waals surface area contributed by atoms with Gasteiger partial charge in [-0.2, -0.15) is 15.0 Å². The summed E-state index contributed by atoms with van der Waals surface area (Å²) in [4.78, 5) is 28.2. The number of carbonyl (C=O) groups excluding carboxylic acids is 1. The van der Waals surface area contributed by atoms with Crippen LogP contribution in [0.4, 0.5) is 10.3 Å². The number of anilines is 1. The number of aromatic nitrogens is 5. The van der Waals surface area contributed by atoms with Crippen molar-refractivity contribution in [2.24, 2.45) is 5.92 Å². The molecule has 31 heavy (non-hydrogen) atoms. The molecule has 5 rings (SSSR count). The Morgan fingerprint density at radius 2 is 1.74 bits per heavy atom. The van der Waals surface area contributed by atoms with E-state index >= 15 is 0 Å². The Bertz CT molecular complexity index is 1100. The van der Waals surface area contributed by atoms with Gasteiger partial charge in [0.05, 0.1) is 29.7 Å². The number of nitrogens with zero attached hydrogens (tertiary/aromatic N) is 7. The Kier molecular flexibility index (Phi) is 4.88. The van der Waals surface area contributed by atoms with Crippen LogP contribution in [0.2, 0.25) is 0 Å². The standard InChI is InChI=1S/C22H24FN7O/c1-14-11-15(2)27-22(26-14)28-9-5-16-6-10-29(20(16)13-28)21(31)18-12-17(23)3-4-19(18)30-24-7-8-25-30/h3-4,7-8,11-12,16,20H,5-6,9-10,13H2,1-2H3. The third kappa shape index (κ3) is 3.64. The molecule has 8 nitrogen and oxygen atoms in total. The molecule has 2 aliphatic rings. The van der Waals surface area contributed by atoms with Gasteiger partial charge in [-0.3, -0.25) is 4.79 Å². The van der Waals surface area contributed by atoms with Crippen LogP contribution < -0.4 is 4.90 Å². The van der Waals surface area contributed by atoms with Crippen LogP contribution >= 0.6 is 0 Å². The topological polar surface area (TPSA) is 80.0 Å². The summed E-state index contributed by atoms with van der Waals surface area (Å²) in [6, 6.07) is 6.14. The number of benzene rings is 1. The highest BCUT2D eigenvalue weighted by atomic mass is 19.1. The van der Waals surface area contributed by atoms with Gasteiger partial charge in [0, 0.05) is 31.0 Å². The number of halogens is 1. The van der Waals surface area contributed by atoms with E-state index in [2.05, 4.69) is 25.1 Å². The lowest BCUT2D eigenvalue weighted by Crippen LogP contribution is -2.50. The van der Waals surface area contributed by atoms with E-state index in [0.717, 1.165) is 30.8 Å². The molecule has 2 atom stereocenters. The molecule has 160 valence electrons. The Morgan fingerprint density at radius 3 is 2.48 bits per heavy atom. The molecule has 2 unspecified atom stereocenters. The van der Waals surface area contributed by atoms with Crippen molar-refractivity contribution in [3.8, 4) is 5.69 Å². The first-order valence-corrected chi connectivity index (χ1v) is 10.5. The van der Waals surface area contributed by atoms with E-state index in [9.17, 15) is 9.18 Å². The molecule has 0 N–H and O–H groups in total. The lowest BCUT2D eigenvalue weighted by Gasteiger charge is -2.38. The van der Waals surface area contributed by atoms with E-state index in [1.165, 1.54) is 29.3 Å². The number of hydrogen-bond acceptors (Lipinski definition) is 6. The second-order valence-electron chi connectivity index (χ2n) is 8.28. The van der Waals surface area contributed by atoms with Gasteiger partial charge in [-0.25, -0.2) is 14.4 Å². The molecule has 0 radical (unpaired) electrons. The first-order valence-electron chi connectivity index (χ1n) is 10.5. The van der Waals surface area contributed by atoms with E-state index < -0.39 is 5.82 Å². The summed E-state index contributed by atoms with van der Waals surface area (Å²) >= 11 is 0. The van der Waals surface area contributed by atoms with Crippen LogP contribution in [0, 0.1) is 25.6 Å². The van der Waals surface area contributed by atoms with Gasteiger partial charge < -0.3 is 9.80 Å². The predicted molar refractivity (Wildman–Crippen MR) is 113 cm³/mol. The second kappa shape index (κ2) is 7.72. The van der Waals surface area contributed by atoms with E-state index in [1.54, 1.807) is 6.07 Å². The SMILES string of the molecule is Cc1cc(C)nc(N2CCC3CCN(C(=O)c4cc(F)ccc4-n4nccn4)C3C2)n1. The van der Waals surface area contributed by atoms with Crippen LogP contribution in [0.5, 0.6) is 0 Å². The number of carbonyl (C=O) groups is 1. The average Bonchev–Trinajstić information content (AvgIpc) is 3.42. The zero-order valence-corrected chi connectivity index (χ0v) is 17.6. The van der Waals surface area contributed by atoms with E-state index in [1.807, 2.05) is 24.8 Å². The van der Waals surface area contributed by atoms with Crippen LogP contribution in [0.1, 0.15) is 34.6 Å². The fourth-order valence-corrected chi connectivity index (χ4v) is 4.77. The lowest BCUT2D eigenvalue weighted by molar-refractivity contribution is 0.0711. The van der Waals surface area contributed by atoms with Crippen molar-refractivity contribution < 1.29 is 9.18 Å². The average molecular weight is 421 g/mol. The van der Waals surface area contributed by atoms with Crippen molar-refractivity contribution in [1.29, 1.82) is 0 Å². The summed E-state index contributed by atoms with van der Waals surface area (Å²) in [7, 11) is 0. The van der Waals surface area contributed by atoms with Gasteiger partial charge in [-0.15, -0.1) is 0 Å². The first-order chi connectivity index (χ1) is 15.0. The highest BCUT2D eigenvalue weighted by Gasteiger charge is 2.42. The largest absolute Gasteiger partial charge is 0.339 e. The maximum absolute atomic E-state index is 14.1. The number of aryl methyl sites for hydroxylation is 2. The smallest absolute Gasteiger partial charge is 0.256 e. The number of piperidine rings is 1. The van der Waals surface area contributed by atoms with Crippen LogP contribution in [0.3, 0.4) is 0 Å². The first kappa shape index (κ1) is 19.6. The van der Waals surface area contributed by atoms with Gasteiger partial charge in [0.15, 0.2) is 0 Å². The Morgan fingerprint density at radius 1 is 1.03 bits per heavy atom. The van der Waals surface area contributed by atoms with Crippen molar-refractivity contribution in [3.05, 3.63) is 59.4 Å². The third-order valence-corrected chi connectivity index (χ3v) is 6.20. The third-order valence-electron chi connectivity index (χ3n) is 6.20. The normalized spacial score (nSPS) is 20.7. The minimum Gasteiger partial charge on any atom is -0.339 e. The number of rotatable bonds is 3. The number of amides is 1. The maximum Gasteiger partial charge on any atom is 0.256 e. The molecular weight excluding hydrogens is 397 g/mol. The van der Waals surface area contributed by atoms with Crippen LogP contribution in [0.15, 0.2) is 36.7 Å². The fourth-order valence-electron chi connectivity index (χ4n) is 4.77. The summed E-state index contributed by atoms with van der Waals surface area (Å²) < 4.78 is 14.1. The van der Waals surface area contributed by atoms with Gasteiger partial charge in [0.2, 0.25) is 5.95 Å². The molecule has 4 heterocycles. The van der Waals surface area contributed by atoms with Crippen LogP contribution in [-0.2, 0) is 0 Å². The van der Waals surface area contributed by atoms with Crippen LogP contribution in [0.25, 0.3) is 5.69 Å². The Labute approximate surface area is 179 Å². The summed E-state index contributed by atoms with van der Waals surface area (Å²) in [6.07, 6.45) is 4.99.